The maximum absolute atomic E-state index is 10.5. The van der Waals surface area contributed by atoms with Gasteiger partial charge in [0.15, 0.2) is 0 Å². The van der Waals surface area contributed by atoms with E-state index in [2.05, 4.69) is 0 Å². The fourth-order valence-electron chi connectivity index (χ4n) is 1.10. The summed E-state index contributed by atoms with van der Waals surface area (Å²) < 4.78 is 4.82. The van der Waals surface area contributed by atoms with Crippen LogP contribution in [0.3, 0.4) is 0 Å². The van der Waals surface area contributed by atoms with Crippen molar-refractivity contribution < 1.29 is 9.53 Å². The monoisotopic (exact) mass is 190 g/mol. The van der Waals surface area contributed by atoms with E-state index in [4.69, 9.17) is 4.74 Å². The second-order valence-electron chi connectivity index (χ2n) is 3.06. The van der Waals surface area contributed by atoms with Crippen LogP contribution in [0.4, 0.5) is 0 Å². The first kappa shape index (κ1) is 10.5. The number of benzene rings is 1. The Morgan fingerprint density at radius 1 is 1.29 bits per heavy atom. The van der Waals surface area contributed by atoms with Gasteiger partial charge in [-0.2, -0.15) is 0 Å². The molecule has 0 aliphatic rings. The van der Waals surface area contributed by atoms with Crippen LogP contribution in [0.5, 0.6) is 0 Å². The highest BCUT2D eigenvalue weighted by molar-refractivity contribution is 5.67. The summed E-state index contributed by atoms with van der Waals surface area (Å²) in [7, 11) is 0. The van der Waals surface area contributed by atoms with Crippen LogP contribution in [-0.4, -0.2) is 12.6 Å². The molecule has 0 heterocycles. The van der Waals surface area contributed by atoms with Gasteiger partial charge in [-0.05, 0) is 24.1 Å². The quantitative estimate of drug-likeness (QED) is 0.685. The summed E-state index contributed by atoms with van der Waals surface area (Å²) in [6, 6.07) is 10.00. The smallest absolute Gasteiger partial charge is 0.302 e. The van der Waals surface area contributed by atoms with E-state index in [1.165, 1.54) is 6.92 Å². The van der Waals surface area contributed by atoms with Crippen molar-refractivity contribution >= 4 is 11.5 Å². The van der Waals surface area contributed by atoms with E-state index < -0.39 is 0 Å². The molecule has 0 aromatic heterocycles. The number of allylic oxidation sites excluding steroid dienone is 1. The standard InChI is InChI=1S/C12H14O2/c1-10(8-9-14-11(2)13)12-6-4-3-5-7-12/h3-8H,9H2,1-2H3. The van der Waals surface area contributed by atoms with Gasteiger partial charge in [0.05, 0.1) is 0 Å². The molecule has 0 atom stereocenters. The molecule has 0 N–H and O–H groups in total. The summed E-state index contributed by atoms with van der Waals surface area (Å²) in [5, 5.41) is 0. The van der Waals surface area contributed by atoms with Gasteiger partial charge in [0.2, 0.25) is 0 Å². The third-order valence-corrected chi connectivity index (χ3v) is 1.91. The molecule has 0 aliphatic heterocycles. The topological polar surface area (TPSA) is 26.3 Å². The fraction of sp³-hybridized carbons (Fsp3) is 0.250. The number of esters is 1. The summed E-state index contributed by atoms with van der Waals surface area (Å²) in [5.74, 6) is -0.248. The van der Waals surface area contributed by atoms with Crippen molar-refractivity contribution in [2.24, 2.45) is 0 Å². The molecule has 1 rings (SSSR count). The summed E-state index contributed by atoms with van der Waals surface area (Å²) in [6.07, 6.45) is 1.90. The minimum Gasteiger partial charge on any atom is -0.462 e. The molecule has 2 heteroatoms. The molecule has 2 nitrogen and oxygen atoms in total. The van der Waals surface area contributed by atoms with Gasteiger partial charge >= 0.3 is 5.97 Å². The average molecular weight is 190 g/mol. The van der Waals surface area contributed by atoms with Gasteiger partial charge in [-0.25, -0.2) is 0 Å². The number of hydrogen-bond donors (Lipinski definition) is 0. The molecule has 0 aliphatic carbocycles. The Labute approximate surface area is 84.2 Å². The average Bonchev–Trinajstić information content (AvgIpc) is 2.18. The number of hydrogen-bond acceptors (Lipinski definition) is 2. The van der Waals surface area contributed by atoms with Crippen molar-refractivity contribution in [1.82, 2.24) is 0 Å². The molecular formula is C12H14O2. The van der Waals surface area contributed by atoms with E-state index in [9.17, 15) is 4.79 Å². The van der Waals surface area contributed by atoms with Gasteiger partial charge in [-0.1, -0.05) is 30.3 Å². The predicted molar refractivity (Wildman–Crippen MR) is 56.7 cm³/mol. The normalized spacial score (nSPS) is 11.1. The van der Waals surface area contributed by atoms with Gasteiger partial charge in [-0.15, -0.1) is 0 Å². The molecule has 0 spiro atoms. The van der Waals surface area contributed by atoms with Crippen LogP contribution in [0.25, 0.3) is 5.57 Å². The molecule has 0 radical (unpaired) electrons. The molecule has 0 fully saturated rings. The lowest BCUT2D eigenvalue weighted by molar-refractivity contribution is -0.139. The molecule has 0 saturated heterocycles. The highest BCUT2D eigenvalue weighted by Gasteiger charge is 1.94. The zero-order valence-corrected chi connectivity index (χ0v) is 8.49. The van der Waals surface area contributed by atoms with Gasteiger partial charge in [0.25, 0.3) is 0 Å². The van der Waals surface area contributed by atoms with E-state index in [-0.39, 0.29) is 5.97 Å². The first-order valence-electron chi connectivity index (χ1n) is 4.55. The van der Waals surface area contributed by atoms with Crippen molar-refractivity contribution in [1.29, 1.82) is 0 Å². The minimum atomic E-state index is -0.248. The van der Waals surface area contributed by atoms with Gasteiger partial charge in [-0.3, -0.25) is 4.79 Å². The first-order valence-corrected chi connectivity index (χ1v) is 4.55. The second kappa shape index (κ2) is 5.22. The number of carbonyl (C=O) groups excluding carboxylic acids is 1. The molecule has 1 aromatic carbocycles. The van der Waals surface area contributed by atoms with Crippen LogP contribution in [0.15, 0.2) is 36.4 Å². The molecule has 0 bridgehead atoms. The molecule has 0 saturated carbocycles. The number of carbonyl (C=O) groups is 1. The van der Waals surface area contributed by atoms with Crippen molar-refractivity contribution in [3.63, 3.8) is 0 Å². The van der Waals surface area contributed by atoms with Crippen molar-refractivity contribution in [2.45, 2.75) is 13.8 Å². The van der Waals surface area contributed by atoms with E-state index in [1.54, 1.807) is 0 Å². The Bertz CT molecular complexity index is 325. The van der Waals surface area contributed by atoms with Crippen LogP contribution in [0, 0.1) is 0 Å². The van der Waals surface area contributed by atoms with Gasteiger partial charge < -0.3 is 4.74 Å². The van der Waals surface area contributed by atoms with Crippen LogP contribution in [0.1, 0.15) is 19.4 Å². The largest absolute Gasteiger partial charge is 0.462 e. The SMILES string of the molecule is CC(=O)OCC=C(C)c1ccccc1. The van der Waals surface area contributed by atoms with E-state index >= 15 is 0 Å². The number of ether oxygens (including phenoxy) is 1. The molecule has 74 valence electrons. The second-order valence-corrected chi connectivity index (χ2v) is 3.06. The van der Waals surface area contributed by atoms with Crippen molar-refractivity contribution in [3.8, 4) is 0 Å². The fourth-order valence-corrected chi connectivity index (χ4v) is 1.10. The van der Waals surface area contributed by atoms with Crippen LogP contribution in [0.2, 0.25) is 0 Å². The predicted octanol–water partition coefficient (Wildman–Crippen LogP) is 2.65. The zero-order valence-electron chi connectivity index (χ0n) is 8.49. The van der Waals surface area contributed by atoms with Gasteiger partial charge in [0, 0.05) is 6.92 Å². The van der Waals surface area contributed by atoms with Crippen LogP contribution < -0.4 is 0 Å². The number of rotatable bonds is 3. The summed E-state index contributed by atoms with van der Waals surface area (Å²) in [5.41, 5.74) is 2.27. The highest BCUT2D eigenvalue weighted by Crippen LogP contribution is 2.11. The minimum absolute atomic E-state index is 0.248. The zero-order chi connectivity index (χ0) is 10.4. The van der Waals surface area contributed by atoms with E-state index in [0.29, 0.717) is 6.61 Å². The maximum Gasteiger partial charge on any atom is 0.302 e. The first-order chi connectivity index (χ1) is 6.70. The summed E-state index contributed by atoms with van der Waals surface area (Å²) >= 11 is 0. The molecule has 0 amide bonds. The van der Waals surface area contributed by atoms with Crippen molar-refractivity contribution in [3.05, 3.63) is 42.0 Å². The molecule has 1 aromatic rings. The van der Waals surface area contributed by atoms with E-state index in [1.807, 2.05) is 43.3 Å². The summed E-state index contributed by atoms with van der Waals surface area (Å²) in [4.78, 5) is 10.5. The lowest BCUT2D eigenvalue weighted by Crippen LogP contribution is -1.98. The Morgan fingerprint density at radius 2 is 1.93 bits per heavy atom. The van der Waals surface area contributed by atoms with Crippen LogP contribution >= 0.6 is 0 Å². The lowest BCUT2D eigenvalue weighted by Gasteiger charge is -2.01. The van der Waals surface area contributed by atoms with E-state index in [0.717, 1.165) is 11.1 Å². The highest BCUT2D eigenvalue weighted by atomic mass is 16.5. The maximum atomic E-state index is 10.5. The molecular weight excluding hydrogens is 176 g/mol. The van der Waals surface area contributed by atoms with Crippen LogP contribution in [-0.2, 0) is 9.53 Å². The molecule has 14 heavy (non-hydrogen) atoms. The van der Waals surface area contributed by atoms with Crippen molar-refractivity contribution in [2.75, 3.05) is 6.61 Å². The molecule has 0 unspecified atom stereocenters. The Kier molecular flexibility index (Phi) is 3.92. The Morgan fingerprint density at radius 3 is 2.50 bits per heavy atom. The Balaban J connectivity index is 2.57. The summed E-state index contributed by atoms with van der Waals surface area (Å²) in [6.45, 7) is 3.75. The third-order valence-electron chi connectivity index (χ3n) is 1.91. The third kappa shape index (κ3) is 3.44. The lowest BCUT2D eigenvalue weighted by atomic mass is 10.1. The van der Waals surface area contributed by atoms with Gasteiger partial charge in [0.1, 0.15) is 6.61 Å². The Hall–Kier alpha value is -1.57.